The summed E-state index contributed by atoms with van der Waals surface area (Å²) < 4.78 is 36.7. The molecule has 0 bridgehead atoms. The summed E-state index contributed by atoms with van der Waals surface area (Å²) in [6, 6.07) is 5.98. The highest BCUT2D eigenvalue weighted by molar-refractivity contribution is 6.30. The molecular formula is C17H14ClF2NO4. The average molecular weight is 370 g/mol. The van der Waals surface area contributed by atoms with Crippen molar-refractivity contribution in [1.82, 2.24) is 0 Å². The molecular weight excluding hydrogens is 356 g/mol. The molecule has 2 rings (SSSR count). The number of carbonyl (C=O) groups is 2. The van der Waals surface area contributed by atoms with Gasteiger partial charge in [-0.15, -0.1) is 0 Å². The third-order valence-corrected chi connectivity index (χ3v) is 3.59. The quantitative estimate of drug-likeness (QED) is 0.816. The predicted molar refractivity (Wildman–Crippen MR) is 88.0 cm³/mol. The van der Waals surface area contributed by atoms with Gasteiger partial charge in [0.05, 0.1) is 17.7 Å². The molecule has 0 atom stereocenters. The maximum Gasteiger partial charge on any atom is 0.338 e. The van der Waals surface area contributed by atoms with E-state index in [4.69, 9.17) is 16.3 Å². The lowest BCUT2D eigenvalue weighted by molar-refractivity contribution is -0.118. The molecule has 0 aromatic heterocycles. The lowest BCUT2D eigenvalue weighted by Gasteiger charge is -2.12. The number of esters is 1. The van der Waals surface area contributed by atoms with Crippen LogP contribution >= 0.6 is 11.6 Å². The van der Waals surface area contributed by atoms with E-state index in [9.17, 15) is 18.4 Å². The van der Waals surface area contributed by atoms with Crippen molar-refractivity contribution in [3.63, 3.8) is 0 Å². The van der Waals surface area contributed by atoms with Crippen molar-refractivity contribution in [2.75, 3.05) is 19.0 Å². The normalized spacial score (nSPS) is 10.3. The summed E-state index contributed by atoms with van der Waals surface area (Å²) in [5, 5.41) is 2.31. The van der Waals surface area contributed by atoms with Crippen molar-refractivity contribution in [2.45, 2.75) is 6.92 Å². The highest BCUT2D eigenvalue weighted by Gasteiger charge is 2.15. The zero-order chi connectivity index (χ0) is 18.6. The molecule has 0 saturated heterocycles. The minimum absolute atomic E-state index is 0.0351. The SMILES string of the molecule is COC(=O)c1cc(F)c(C)c(NC(=O)COc2ccc(F)c(Cl)c2)c1. The number of rotatable bonds is 5. The molecule has 0 spiro atoms. The van der Waals surface area contributed by atoms with Crippen LogP contribution in [0.25, 0.3) is 0 Å². The fourth-order valence-corrected chi connectivity index (χ4v) is 2.12. The number of benzene rings is 2. The number of anilines is 1. The molecule has 8 heteroatoms. The number of nitrogens with one attached hydrogen (secondary N) is 1. The third kappa shape index (κ3) is 4.67. The molecule has 0 aliphatic rings. The van der Waals surface area contributed by atoms with Crippen LogP contribution in [0.5, 0.6) is 5.75 Å². The molecule has 5 nitrogen and oxygen atoms in total. The number of halogens is 3. The summed E-state index contributed by atoms with van der Waals surface area (Å²) in [6.07, 6.45) is 0. The van der Waals surface area contributed by atoms with Gasteiger partial charge < -0.3 is 14.8 Å². The Hall–Kier alpha value is -2.67. The van der Waals surface area contributed by atoms with E-state index >= 15 is 0 Å². The van der Waals surface area contributed by atoms with Crippen LogP contribution < -0.4 is 10.1 Å². The number of ether oxygens (including phenoxy) is 2. The molecule has 0 radical (unpaired) electrons. The van der Waals surface area contributed by atoms with E-state index in [1.807, 2.05) is 0 Å². The van der Waals surface area contributed by atoms with Gasteiger partial charge in [-0.1, -0.05) is 11.6 Å². The van der Waals surface area contributed by atoms with Crippen molar-refractivity contribution >= 4 is 29.2 Å². The minimum Gasteiger partial charge on any atom is -0.484 e. The van der Waals surface area contributed by atoms with Gasteiger partial charge in [-0.2, -0.15) is 0 Å². The third-order valence-electron chi connectivity index (χ3n) is 3.30. The number of hydrogen-bond donors (Lipinski definition) is 1. The molecule has 1 amide bonds. The summed E-state index contributed by atoms with van der Waals surface area (Å²) >= 11 is 5.62. The van der Waals surface area contributed by atoms with Gasteiger partial charge in [0.2, 0.25) is 0 Å². The maximum absolute atomic E-state index is 13.9. The van der Waals surface area contributed by atoms with Crippen molar-refractivity contribution < 1.29 is 27.8 Å². The smallest absolute Gasteiger partial charge is 0.338 e. The van der Waals surface area contributed by atoms with Crippen LogP contribution in [0.2, 0.25) is 5.02 Å². The second-order valence-corrected chi connectivity index (χ2v) is 5.44. The Morgan fingerprint density at radius 3 is 2.52 bits per heavy atom. The first-order valence-electron chi connectivity index (χ1n) is 7.08. The molecule has 0 aliphatic heterocycles. The Bertz CT molecular complexity index is 827. The van der Waals surface area contributed by atoms with Crippen LogP contribution in [0.3, 0.4) is 0 Å². The van der Waals surface area contributed by atoms with Crippen LogP contribution in [0.1, 0.15) is 15.9 Å². The van der Waals surface area contributed by atoms with Gasteiger partial charge in [0.1, 0.15) is 17.4 Å². The van der Waals surface area contributed by atoms with Gasteiger partial charge in [-0.3, -0.25) is 4.79 Å². The molecule has 2 aromatic carbocycles. The van der Waals surface area contributed by atoms with E-state index in [0.29, 0.717) is 0 Å². The molecule has 132 valence electrons. The summed E-state index contributed by atoms with van der Waals surface area (Å²) in [5.41, 5.74) is 0.240. The fraction of sp³-hybridized carbons (Fsp3) is 0.176. The zero-order valence-corrected chi connectivity index (χ0v) is 14.1. The lowest BCUT2D eigenvalue weighted by atomic mass is 10.1. The van der Waals surface area contributed by atoms with Crippen molar-refractivity contribution in [3.8, 4) is 5.75 Å². The molecule has 0 aliphatic carbocycles. The Balaban J connectivity index is 2.08. The Labute approximate surface area is 147 Å². The van der Waals surface area contributed by atoms with E-state index < -0.39 is 30.1 Å². The van der Waals surface area contributed by atoms with Crippen molar-refractivity contribution in [1.29, 1.82) is 0 Å². The summed E-state index contributed by atoms with van der Waals surface area (Å²) in [5.74, 6) is -2.39. The topological polar surface area (TPSA) is 64.6 Å². The van der Waals surface area contributed by atoms with Crippen LogP contribution in [-0.4, -0.2) is 25.6 Å². The van der Waals surface area contributed by atoms with Crippen LogP contribution in [-0.2, 0) is 9.53 Å². The zero-order valence-electron chi connectivity index (χ0n) is 13.4. The standard InChI is InChI=1S/C17H14ClF2NO4/c1-9-14(20)5-10(17(23)24-2)6-15(9)21-16(22)8-25-11-3-4-13(19)12(18)7-11/h3-7H,8H2,1-2H3,(H,21,22). The molecule has 0 heterocycles. The van der Waals surface area contributed by atoms with Gasteiger partial charge in [-0.25, -0.2) is 13.6 Å². The first kappa shape index (κ1) is 18.7. The minimum atomic E-state index is -0.730. The summed E-state index contributed by atoms with van der Waals surface area (Å²) in [7, 11) is 1.17. The molecule has 0 fully saturated rings. The number of carbonyl (C=O) groups excluding carboxylic acids is 2. The van der Waals surface area contributed by atoms with Gasteiger partial charge in [0, 0.05) is 17.3 Å². The average Bonchev–Trinajstić information content (AvgIpc) is 2.59. The van der Waals surface area contributed by atoms with Crippen LogP contribution in [0, 0.1) is 18.6 Å². The number of methoxy groups -OCH3 is 1. The van der Waals surface area contributed by atoms with Gasteiger partial charge in [-0.05, 0) is 31.2 Å². The van der Waals surface area contributed by atoms with E-state index in [-0.39, 0.29) is 27.6 Å². The summed E-state index contributed by atoms with van der Waals surface area (Å²) in [6.45, 7) is 1.04. The first-order valence-corrected chi connectivity index (χ1v) is 7.45. The van der Waals surface area contributed by atoms with Gasteiger partial charge in [0.15, 0.2) is 6.61 Å². The van der Waals surface area contributed by atoms with Crippen molar-refractivity contribution in [2.24, 2.45) is 0 Å². The fourth-order valence-electron chi connectivity index (χ4n) is 1.95. The summed E-state index contributed by atoms with van der Waals surface area (Å²) in [4.78, 5) is 23.5. The van der Waals surface area contributed by atoms with E-state index in [1.54, 1.807) is 0 Å². The molecule has 0 unspecified atom stereocenters. The predicted octanol–water partition coefficient (Wildman–Crippen LogP) is 3.73. The maximum atomic E-state index is 13.9. The van der Waals surface area contributed by atoms with Gasteiger partial charge in [0.25, 0.3) is 5.91 Å². The highest BCUT2D eigenvalue weighted by Crippen LogP contribution is 2.23. The Kier molecular flexibility index (Phi) is 5.93. The largest absolute Gasteiger partial charge is 0.484 e. The van der Waals surface area contributed by atoms with Crippen molar-refractivity contribution in [3.05, 3.63) is 58.1 Å². The van der Waals surface area contributed by atoms with Crippen LogP contribution in [0.4, 0.5) is 14.5 Å². The number of amides is 1. The van der Waals surface area contributed by atoms with E-state index in [0.717, 1.165) is 12.1 Å². The van der Waals surface area contributed by atoms with Crippen LogP contribution in [0.15, 0.2) is 30.3 Å². The van der Waals surface area contributed by atoms with E-state index in [2.05, 4.69) is 10.1 Å². The second-order valence-electron chi connectivity index (χ2n) is 5.03. The lowest BCUT2D eigenvalue weighted by Crippen LogP contribution is -2.21. The Morgan fingerprint density at radius 1 is 1.16 bits per heavy atom. The number of hydrogen-bond acceptors (Lipinski definition) is 4. The van der Waals surface area contributed by atoms with E-state index in [1.165, 1.54) is 32.2 Å². The molecule has 2 aromatic rings. The Morgan fingerprint density at radius 2 is 1.88 bits per heavy atom. The van der Waals surface area contributed by atoms with Gasteiger partial charge >= 0.3 is 5.97 Å². The molecule has 1 N–H and O–H groups in total. The monoisotopic (exact) mass is 369 g/mol. The second kappa shape index (κ2) is 7.94. The highest BCUT2D eigenvalue weighted by atomic mass is 35.5. The molecule has 0 saturated carbocycles. The molecule has 25 heavy (non-hydrogen) atoms. The first-order chi connectivity index (χ1) is 11.8.